The molecule has 4 nitrogen and oxygen atoms in total. The maximum Gasteiger partial charge on any atom is 0.244 e. The van der Waals surface area contributed by atoms with E-state index >= 15 is 0 Å². The summed E-state index contributed by atoms with van der Waals surface area (Å²) in [6.07, 6.45) is 3.65. The molecule has 0 aliphatic carbocycles. The van der Waals surface area contributed by atoms with Crippen LogP contribution in [0.25, 0.3) is 6.08 Å². The number of hydrogen-bond acceptors (Lipinski definition) is 3. The molecule has 0 spiro atoms. The zero-order chi connectivity index (χ0) is 13.0. The minimum Gasteiger partial charge on any atom is -0.349 e. The van der Waals surface area contributed by atoms with E-state index in [4.69, 9.17) is 0 Å². The van der Waals surface area contributed by atoms with Crippen molar-refractivity contribution in [1.29, 1.82) is 0 Å². The Balaban J connectivity index is 1.88. The molecule has 0 aromatic heterocycles. The maximum absolute atomic E-state index is 11.6. The van der Waals surface area contributed by atoms with Crippen molar-refractivity contribution in [2.24, 2.45) is 0 Å². The standard InChI is InChI=1S/C13H15NO3S/c15-13(7-6-11-4-2-1-3-5-11)14-12-8-9-18(16,17)10-12/h1-7,12H,8-10H2,(H,14,15)/b7-6+/t12-/m1/s1. The normalized spacial score (nSPS) is 22.1. The number of carbonyl (C=O) groups is 1. The predicted molar refractivity (Wildman–Crippen MR) is 70.7 cm³/mol. The third-order valence-corrected chi connectivity index (χ3v) is 4.57. The van der Waals surface area contributed by atoms with E-state index in [9.17, 15) is 13.2 Å². The summed E-state index contributed by atoms with van der Waals surface area (Å²) in [6, 6.07) is 9.22. The molecular formula is C13H15NO3S. The fourth-order valence-electron chi connectivity index (χ4n) is 1.89. The molecule has 0 bridgehead atoms. The lowest BCUT2D eigenvalue weighted by molar-refractivity contribution is -0.116. The Hall–Kier alpha value is -1.62. The van der Waals surface area contributed by atoms with E-state index in [0.717, 1.165) is 5.56 Å². The highest BCUT2D eigenvalue weighted by molar-refractivity contribution is 7.91. The molecular weight excluding hydrogens is 250 g/mol. The van der Waals surface area contributed by atoms with Crippen molar-refractivity contribution in [3.05, 3.63) is 42.0 Å². The SMILES string of the molecule is O=C(/C=C/c1ccccc1)N[C@@H]1CCS(=O)(=O)C1. The Bertz CT molecular complexity index is 549. The molecule has 1 heterocycles. The minimum atomic E-state index is -2.95. The largest absolute Gasteiger partial charge is 0.349 e. The Labute approximate surface area is 107 Å². The van der Waals surface area contributed by atoms with Crippen molar-refractivity contribution < 1.29 is 13.2 Å². The Morgan fingerprint density at radius 2 is 2.00 bits per heavy atom. The van der Waals surface area contributed by atoms with Gasteiger partial charge in [0.15, 0.2) is 9.84 Å². The molecule has 2 rings (SSSR count). The lowest BCUT2D eigenvalue weighted by atomic mass is 10.2. The first-order chi connectivity index (χ1) is 8.55. The number of benzene rings is 1. The predicted octanol–water partition coefficient (Wildman–Crippen LogP) is 1.00. The highest BCUT2D eigenvalue weighted by Crippen LogP contribution is 2.11. The highest BCUT2D eigenvalue weighted by atomic mass is 32.2. The van der Waals surface area contributed by atoms with Crippen LogP contribution >= 0.6 is 0 Å². The van der Waals surface area contributed by atoms with E-state index in [2.05, 4.69) is 5.32 Å². The number of rotatable bonds is 3. The Morgan fingerprint density at radius 1 is 1.28 bits per heavy atom. The van der Waals surface area contributed by atoms with Gasteiger partial charge in [0.2, 0.25) is 5.91 Å². The van der Waals surface area contributed by atoms with Crippen molar-refractivity contribution in [1.82, 2.24) is 5.32 Å². The smallest absolute Gasteiger partial charge is 0.244 e. The molecule has 0 saturated carbocycles. The van der Waals surface area contributed by atoms with Crippen LogP contribution in [0.3, 0.4) is 0 Å². The summed E-state index contributed by atoms with van der Waals surface area (Å²) in [5, 5.41) is 2.70. The molecule has 0 unspecified atom stereocenters. The van der Waals surface area contributed by atoms with Gasteiger partial charge in [-0.2, -0.15) is 0 Å². The fraction of sp³-hybridized carbons (Fsp3) is 0.308. The van der Waals surface area contributed by atoms with E-state index in [-0.39, 0.29) is 23.5 Å². The molecule has 1 aliphatic rings. The number of nitrogens with one attached hydrogen (secondary N) is 1. The lowest BCUT2D eigenvalue weighted by Gasteiger charge is -2.07. The van der Waals surface area contributed by atoms with E-state index < -0.39 is 9.84 Å². The number of amides is 1. The molecule has 1 saturated heterocycles. The number of sulfone groups is 1. The summed E-state index contributed by atoms with van der Waals surface area (Å²) < 4.78 is 22.5. The van der Waals surface area contributed by atoms with Gasteiger partial charge in [0.25, 0.3) is 0 Å². The van der Waals surface area contributed by atoms with Gasteiger partial charge >= 0.3 is 0 Å². The molecule has 5 heteroatoms. The van der Waals surface area contributed by atoms with Crippen LogP contribution in [0.4, 0.5) is 0 Å². The van der Waals surface area contributed by atoms with Crippen molar-refractivity contribution in [3.63, 3.8) is 0 Å². The first-order valence-electron chi connectivity index (χ1n) is 5.79. The molecule has 1 amide bonds. The van der Waals surface area contributed by atoms with Crippen LogP contribution in [0.1, 0.15) is 12.0 Å². The van der Waals surface area contributed by atoms with E-state index in [1.165, 1.54) is 6.08 Å². The second-order valence-electron chi connectivity index (χ2n) is 4.35. The maximum atomic E-state index is 11.6. The van der Waals surface area contributed by atoms with E-state index in [1.807, 2.05) is 30.3 Å². The third-order valence-electron chi connectivity index (χ3n) is 2.81. The molecule has 0 radical (unpaired) electrons. The quantitative estimate of drug-likeness (QED) is 0.829. The first-order valence-corrected chi connectivity index (χ1v) is 7.61. The average Bonchev–Trinajstić information content (AvgIpc) is 2.67. The van der Waals surface area contributed by atoms with Gasteiger partial charge in [-0.1, -0.05) is 30.3 Å². The zero-order valence-corrected chi connectivity index (χ0v) is 10.7. The van der Waals surface area contributed by atoms with Gasteiger partial charge in [-0.3, -0.25) is 4.79 Å². The molecule has 1 aromatic rings. The fourth-order valence-corrected chi connectivity index (χ4v) is 3.57. The summed E-state index contributed by atoms with van der Waals surface area (Å²) >= 11 is 0. The van der Waals surface area contributed by atoms with E-state index in [1.54, 1.807) is 6.08 Å². The van der Waals surface area contributed by atoms with Gasteiger partial charge in [-0.15, -0.1) is 0 Å². The Morgan fingerprint density at radius 3 is 2.61 bits per heavy atom. The second kappa shape index (κ2) is 5.35. The summed E-state index contributed by atoms with van der Waals surface area (Å²) in [4.78, 5) is 11.6. The number of carbonyl (C=O) groups excluding carboxylic acids is 1. The first kappa shape index (κ1) is 12.8. The van der Waals surface area contributed by atoms with Crippen LogP contribution in [0.2, 0.25) is 0 Å². The summed E-state index contributed by atoms with van der Waals surface area (Å²) in [5.74, 6) is -0.0286. The molecule has 1 atom stereocenters. The molecule has 1 aromatic carbocycles. The minimum absolute atomic E-state index is 0.0535. The second-order valence-corrected chi connectivity index (χ2v) is 6.58. The molecule has 1 aliphatic heterocycles. The van der Waals surface area contributed by atoms with Crippen LogP contribution in [0.15, 0.2) is 36.4 Å². The van der Waals surface area contributed by atoms with Crippen LogP contribution in [0.5, 0.6) is 0 Å². The van der Waals surface area contributed by atoms with Crippen LogP contribution in [-0.4, -0.2) is 31.9 Å². The Kier molecular flexibility index (Phi) is 3.81. The highest BCUT2D eigenvalue weighted by Gasteiger charge is 2.28. The summed E-state index contributed by atoms with van der Waals surface area (Å²) in [5.41, 5.74) is 0.937. The van der Waals surface area contributed by atoms with Gasteiger partial charge < -0.3 is 5.32 Å². The molecule has 1 fully saturated rings. The van der Waals surface area contributed by atoms with Gasteiger partial charge in [0.1, 0.15) is 0 Å². The third kappa shape index (κ3) is 3.70. The van der Waals surface area contributed by atoms with Gasteiger partial charge in [0.05, 0.1) is 11.5 Å². The molecule has 96 valence electrons. The van der Waals surface area contributed by atoms with E-state index in [0.29, 0.717) is 6.42 Å². The summed E-state index contributed by atoms with van der Waals surface area (Å²) in [6.45, 7) is 0. The molecule has 18 heavy (non-hydrogen) atoms. The van der Waals surface area contributed by atoms with Crippen molar-refractivity contribution in [2.45, 2.75) is 12.5 Å². The van der Waals surface area contributed by atoms with Crippen LogP contribution in [-0.2, 0) is 14.6 Å². The topological polar surface area (TPSA) is 63.2 Å². The van der Waals surface area contributed by atoms with Crippen molar-refractivity contribution in [3.8, 4) is 0 Å². The van der Waals surface area contributed by atoms with Crippen molar-refractivity contribution in [2.75, 3.05) is 11.5 Å². The lowest BCUT2D eigenvalue weighted by Crippen LogP contribution is -2.34. The van der Waals surface area contributed by atoms with Gasteiger partial charge in [0, 0.05) is 12.1 Å². The van der Waals surface area contributed by atoms with Gasteiger partial charge in [-0.05, 0) is 18.1 Å². The van der Waals surface area contributed by atoms with Crippen LogP contribution in [0, 0.1) is 0 Å². The number of hydrogen-bond donors (Lipinski definition) is 1. The van der Waals surface area contributed by atoms with Crippen molar-refractivity contribution >= 4 is 21.8 Å². The summed E-state index contributed by atoms with van der Waals surface area (Å²) in [7, 11) is -2.95. The molecule has 1 N–H and O–H groups in total. The monoisotopic (exact) mass is 265 g/mol. The average molecular weight is 265 g/mol. The zero-order valence-electron chi connectivity index (χ0n) is 9.87. The van der Waals surface area contributed by atoms with Gasteiger partial charge in [-0.25, -0.2) is 8.42 Å². The van der Waals surface area contributed by atoms with Crippen LogP contribution < -0.4 is 5.32 Å².